The molecule has 0 aromatic heterocycles. The molecule has 0 radical (unpaired) electrons. The molecular weight excluding hydrogens is 392 g/mol. The molecule has 7 nitrogen and oxygen atoms in total. The highest BCUT2D eigenvalue weighted by atomic mass is 79.9. The van der Waals surface area contributed by atoms with Gasteiger partial charge in [0.25, 0.3) is 5.91 Å². The molecule has 2 atom stereocenters. The lowest BCUT2D eigenvalue weighted by Crippen LogP contribution is -2.49. The van der Waals surface area contributed by atoms with Crippen LogP contribution >= 0.6 is 15.9 Å². The van der Waals surface area contributed by atoms with Crippen molar-refractivity contribution < 1.29 is 24.2 Å². The number of hydrogen-bond acceptors (Lipinski definition) is 4. The second kappa shape index (κ2) is 8.84. The average Bonchev–Trinajstić information content (AvgIpc) is 2.58. The molecule has 8 heteroatoms. The van der Waals surface area contributed by atoms with Crippen LogP contribution in [0.1, 0.15) is 31.2 Å². The number of aryl methyl sites for hydroxylation is 1. The summed E-state index contributed by atoms with van der Waals surface area (Å²) in [6.45, 7) is 1.67. The average molecular weight is 413 g/mol. The molecule has 1 aliphatic carbocycles. The molecule has 1 fully saturated rings. The van der Waals surface area contributed by atoms with Gasteiger partial charge in [0.05, 0.1) is 16.3 Å². The molecule has 0 heterocycles. The number of hydrazine groups is 1. The number of halogens is 1. The molecule has 0 spiro atoms. The molecule has 1 aliphatic rings. The highest BCUT2D eigenvalue weighted by Gasteiger charge is 2.35. The Hall–Kier alpha value is -2.09. The van der Waals surface area contributed by atoms with Gasteiger partial charge in [-0.05, 0) is 53.4 Å². The molecule has 0 saturated heterocycles. The molecule has 0 aliphatic heterocycles. The predicted octanol–water partition coefficient (Wildman–Crippen LogP) is 2.17. The third kappa shape index (κ3) is 5.45. The van der Waals surface area contributed by atoms with Crippen LogP contribution in [0, 0.1) is 18.8 Å². The van der Waals surface area contributed by atoms with Crippen LogP contribution in [0.5, 0.6) is 5.75 Å². The molecule has 136 valence electrons. The zero-order valence-electron chi connectivity index (χ0n) is 13.9. The Labute approximate surface area is 154 Å². The van der Waals surface area contributed by atoms with Crippen LogP contribution < -0.4 is 15.6 Å². The summed E-state index contributed by atoms with van der Waals surface area (Å²) in [6.07, 6.45) is 2.59. The number of ether oxygens (including phenoxy) is 1. The van der Waals surface area contributed by atoms with E-state index >= 15 is 0 Å². The summed E-state index contributed by atoms with van der Waals surface area (Å²) in [4.78, 5) is 35.2. The topological polar surface area (TPSA) is 105 Å². The van der Waals surface area contributed by atoms with Crippen molar-refractivity contribution in [1.82, 2.24) is 10.9 Å². The number of hydrogen-bond donors (Lipinski definition) is 3. The number of carboxylic acids is 1. The first-order chi connectivity index (χ1) is 11.9. The molecule has 0 bridgehead atoms. The first-order valence-electron chi connectivity index (χ1n) is 8.09. The summed E-state index contributed by atoms with van der Waals surface area (Å²) in [5.74, 6) is -2.78. The van der Waals surface area contributed by atoms with Gasteiger partial charge in [-0.25, -0.2) is 0 Å². The number of nitrogens with one attached hydrogen (secondary N) is 2. The number of rotatable bonds is 5. The Bertz CT molecular complexity index is 664. The number of carbonyl (C=O) groups is 3. The largest absolute Gasteiger partial charge is 0.483 e. The van der Waals surface area contributed by atoms with Gasteiger partial charge < -0.3 is 9.84 Å². The SMILES string of the molecule is Cc1ccc(OCC(=O)NNC(=O)[C@@H]2CCCC[C@H]2C(=O)O)c(Br)c1. The van der Waals surface area contributed by atoms with Crippen LogP contribution in [0.4, 0.5) is 0 Å². The van der Waals surface area contributed by atoms with E-state index < -0.39 is 29.6 Å². The summed E-state index contributed by atoms with van der Waals surface area (Å²) in [7, 11) is 0. The first kappa shape index (κ1) is 19.2. The third-order valence-electron chi connectivity index (χ3n) is 4.19. The highest BCUT2D eigenvalue weighted by Crippen LogP contribution is 2.30. The maximum atomic E-state index is 12.1. The fourth-order valence-electron chi connectivity index (χ4n) is 2.87. The van der Waals surface area contributed by atoms with Gasteiger partial charge in [0.2, 0.25) is 5.91 Å². The summed E-state index contributed by atoms with van der Waals surface area (Å²) < 4.78 is 6.12. The summed E-state index contributed by atoms with van der Waals surface area (Å²) >= 11 is 3.35. The Morgan fingerprint density at radius 2 is 1.88 bits per heavy atom. The minimum atomic E-state index is -0.973. The van der Waals surface area contributed by atoms with Gasteiger partial charge in [0, 0.05) is 0 Å². The number of amides is 2. The van der Waals surface area contributed by atoms with E-state index in [0.29, 0.717) is 18.6 Å². The predicted molar refractivity (Wildman–Crippen MR) is 93.7 cm³/mol. The fourth-order valence-corrected chi connectivity index (χ4v) is 3.47. The van der Waals surface area contributed by atoms with E-state index in [9.17, 15) is 19.5 Å². The van der Waals surface area contributed by atoms with Crippen molar-refractivity contribution in [3.63, 3.8) is 0 Å². The van der Waals surface area contributed by atoms with Gasteiger partial charge >= 0.3 is 5.97 Å². The number of benzene rings is 1. The van der Waals surface area contributed by atoms with E-state index in [4.69, 9.17) is 4.74 Å². The fraction of sp³-hybridized carbons (Fsp3) is 0.471. The van der Waals surface area contributed by atoms with Crippen LogP contribution in [0.3, 0.4) is 0 Å². The molecule has 1 aromatic carbocycles. The quantitative estimate of drug-likeness (QED) is 0.642. The van der Waals surface area contributed by atoms with Crippen LogP contribution in [-0.4, -0.2) is 29.5 Å². The second-order valence-corrected chi connectivity index (χ2v) is 6.95. The summed E-state index contributed by atoms with van der Waals surface area (Å²) in [6, 6.07) is 5.46. The van der Waals surface area contributed by atoms with Crippen molar-refractivity contribution in [3.8, 4) is 5.75 Å². The lowest BCUT2D eigenvalue weighted by atomic mass is 9.79. The Morgan fingerprint density at radius 1 is 1.20 bits per heavy atom. The molecule has 3 N–H and O–H groups in total. The Morgan fingerprint density at radius 3 is 2.52 bits per heavy atom. The highest BCUT2D eigenvalue weighted by molar-refractivity contribution is 9.10. The zero-order valence-corrected chi connectivity index (χ0v) is 15.5. The van der Waals surface area contributed by atoms with E-state index in [1.54, 1.807) is 6.07 Å². The van der Waals surface area contributed by atoms with Crippen LogP contribution in [0.15, 0.2) is 22.7 Å². The normalized spacial score (nSPS) is 19.8. The van der Waals surface area contributed by atoms with Crippen LogP contribution in [-0.2, 0) is 14.4 Å². The standard InChI is InChI=1S/C17H21BrN2O5/c1-10-6-7-14(13(18)8-10)25-9-15(21)19-20-16(22)11-4-2-3-5-12(11)17(23)24/h6-8,11-12H,2-5,9H2,1H3,(H,19,21)(H,20,22)(H,23,24)/t11-,12-/m1/s1. The first-order valence-corrected chi connectivity index (χ1v) is 8.88. The Kier molecular flexibility index (Phi) is 6.81. The van der Waals surface area contributed by atoms with Crippen molar-refractivity contribution >= 4 is 33.7 Å². The minimum absolute atomic E-state index is 0.269. The maximum absolute atomic E-state index is 12.1. The maximum Gasteiger partial charge on any atom is 0.307 e. The van der Waals surface area contributed by atoms with E-state index in [1.165, 1.54) is 0 Å². The summed E-state index contributed by atoms with van der Waals surface area (Å²) in [5.41, 5.74) is 5.62. The minimum Gasteiger partial charge on any atom is -0.483 e. The van der Waals surface area contributed by atoms with Crippen molar-refractivity contribution in [2.24, 2.45) is 11.8 Å². The van der Waals surface area contributed by atoms with E-state index in [1.807, 2.05) is 19.1 Å². The summed E-state index contributed by atoms with van der Waals surface area (Å²) in [5, 5.41) is 9.20. The van der Waals surface area contributed by atoms with Crippen LogP contribution in [0.25, 0.3) is 0 Å². The smallest absolute Gasteiger partial charge is 0.307 e. The van der Waals surface area contributed by atoms with Crippen molar-refractivity contribution in [2.45, 2.75) is 32.6 Å². The van der Waals surface area contributed by atoms with Gasteiger partial charge in [-0.2, -0.15) is 0 Å². The van der Waals surface area contributed by atoms with Crippen molar-refractivity contribution in [2.75, 3.05) is 6.61 Å². The molecule has 0 unspecified atom stereocenters. The van der Waals surface area contributed by atoms with Gasteiger partial charge in [-0.1, -0.05) is 18.9 Å². The van der Waals surface area contributed by atoms with Crippen molar-refractivity contribution in [3.05, 3.63) is 28.2 Å². The van der Waals surface area contributed by atoms with Crippen molar-refractivity contribution in [1.29, 1.82) is 0 Å². The van der Waals surface area contributed by atoms with Gasteiger partial charge in [0.15, 0.2) is 6.61 Å². The molecule has 2 rings (SSSR count). The second-order valence-electron chi connectivity index (χ2n) is 6.10. The van der Waals surface area contributed by atoms with Gasteiger partial charge in [-0.15, -0.1) is 0 Å². The van der Waals surface area contributed by atoms with E-state index in [0.717, 1.165) is 22.9 Å². The molecule has 2 amide bonds. The zero-order chi connectivity index (χ0) is 18.4. The van der Waals surface area contributed by atoms with Gasteiger partial charge in [-0.3, -0.25) is 25.2 Å². The van der Waals surface area contributed by atoms with E-state index in [-0.39, 0.29) is 6.61 Å². The number of carbonyl (C=O) groups excluding carboxylic acids is 2. The molecular formula is C17H21BrN2O5. The molecule has 25 heavy (non-hydrogen) atoms. The van der Waals surface area contributed by atoms with Crippen LogP contribution in [0.2, 0.25) is 0 Å². The lowest BCUT2D eigenvalue weighted by Gasteiger charge is -2.27. The number of carboxylic acid groups (broad SMARTS) is 1. The monoisotopic (exact) mass is 412 g/mol. The lowest BCUT2D eigenvalue weighted by molar-refractivity contribution is -0.149. The Balaban J connectivity index is 1.80. The molecule has 1 aromatic rings. The van der Waals surface area contributed by atoms with E-state index in [2.05, 4.69) is 26.8 Å². The third-order valence-corrected chi connectivity index (χ3v) is 4.81. The van der Waals surface area contributed by atoms with Gasteiger partial charge in [0.1, 0.15) is 5.75 Å². The molecule has 1 saturated carbocycles. The number of aliphatic carboxylic acids is 1.